The fraction of sp³-hybridized carbons (Fsp3) is 0.214. The highest BCUT2D eigenvalue weighted by atomic mass is 19.1. The number of aromatic nitrogens is 1. The highest BCUT2D eigenvalue weighted by Gasteiger charge is 2.11. The Labute approximate surface area is 104 Å². The predicted molar refractivity (Wildman–Crippen MR) is 64.0 cm³/mol. The second-order valence-corrected chi connectivity index (χ2v) is 4.26. The van der Waals surface area contributed by atoms with Gasteiger partial charge < -0.3 is 5.11 Å². The summed E-state index contributed by atoms with van der Waals surface area (Å²) in [6, 6.07) is 6.80. The van der Waals surface area contributed by atoms with Crippen LogP contribution in [-0.4, -0.2) is 10.1 Å². The van der Waals surface area contributed by atoms with Gasteiger partial charge in [-0.05, 0) is 42.3 Å². The van der Waals surface area contributed by atoms with E-state index in [1.807, 2.05) is 13.0 Å². The molecule has 18 heavy (non-hydrogen) atoms. The largest absolute Gasteiger partial charge is 0.386 e. The number of hydrogen-bond donors (Lipinski definition) is 1. The molecule has 0 aliphatic rings. The van der Waals surface area contributed by atoms with E-state index >= 15 is 0 Å². The lowest BCUT2D eigenvalue weighted by Gasteiger charge is -2.11. The Morgan fingerprint density at radius 3 is 2.44 bits per heavy atom. The number of aliphatic hydroxyl groups is 1. The van der Waals surface area contributed by atoms with Crippen LogP contribution in [0.3, 0.4) is 0 Å². The molecule has 2 rings (SSSR count). The maximum atomic E-state index is 13.0. The maximum Gasteiger partial charge on any atom is 0.126 e. The molecule has 1 heterocycles. The molecule has 1 aromatic heterocycles. The second kappa shape index (κ2) is 5.23. The van der Waals surface area contributed by atoms with Gasteiger partial charge in [-0.25, -0.2) is 8.78 Å². The number of aliphatic hydroxyl groups excluding tert-OH is 1. The fourth-order valence-electron chi connectivity index (χ4n) is 1.80. The predicted octanol–water partition coefficient (Wildman–Crippen LogP) is 2.94. The first-order valence-electron chi connectivity index (χ1n) is 5.60. The minimum atomic E-state index is -0.869. The van der Waals surface area contributed by atoms with Crippen molar-refractivity contribution < 1.29 is 13.9 Å². The van der Waals surface area contributed by atoms with Crippen LogP contribution in [0.1, 0.15) is 22.9 Å². The van der Waals surface area contributed by atoms with Gasteiger partial charge in [0.25, 0.3) is 0 Å². The van der Waals surface area contributed by atoms with Crippen molar-refractivity contribution in [2.75, 3.05) is 0 Å². The van der Waals surface area contributed by atoms with Crippen molar-refractivity contribution in [3.8, 4) is 0 Å². The number of halogens is 2. The summed E-state index contributed by atoms with van der Waals surface area (Å²) in [5.41, 5.74) is 1.88. The van der Waals surface area contributed by atoms with Crippen LogP contribution in [0.2, 0.25) is 0 Å². The van der Waals surface area contributed by atoms with Crippen LogP contribution < -0.4 is 0 Å². The molecule has 0 amide bonds. The van der Waals surface area contributed by atoms with Gasteiger partial charge in [0, 0.05) is 18.7 Å². The number of pyridine rings is 1. The van der Waals surface area contributed by atoms with E-state index in [0.29, 0.717) is 11.3 Å². The molecule has 1 atom stereocenters. The van der Waals surface area contributed by atoms with Gasteiger partial charge in [-0.2, -0.15) is 0 Å². The van der Waals surface area contributed by atoms with E-state index in [4.69, 9.17) is 0 Å². The summed E-state index contributed by atoms with van der Waals surface area (Å²) in [7, 11) is 0. The summed E-state index contributed by atoms with van der Waals surface area (Å²) in [5.74, 6) is -1.29. The van der Waals surface area contributed by atoms with E-state index in [0.717, 1.165) is 11.6 Å². The lowest BCUT2D eigenvalue weighted by atomic mass is 10.0. The molecule has 1 unspecified atom stereocenters. The molecule has 0 aliphatic heterocycles. The SMILES string of the molecule is Cc1ccnc(C(O)Cc2cc(F)cc(F)c2)c1. The van der Waals surface area contributed by atoms with Crippen molar-refractivity contribution in [1.29, 1.82) is 0 Å². The van der Waals surface area contributed by atoms with Crippen LogP contribution in [0.4, 0.5) is 8.78 Å². The lowest BCUT2D eigenvalue weighted by molar-refractivity contribution is 0.173. The molecule has 0 spiro atoms. The van der Waals surface area contributed by atoms with Crippen LogP contribution in [0.15, 0.2) is 36.5 Å². The molecule has 4 heteroatoms. The quantitative estimate of drug-likeness (QED) is 0.907. The standard InChI is InChI=1S/C14H13F2NO/c1-9-2-3-17-13(4-9)14(18)7-10-5-11(15)8-12(16)6-10/h2-6,8,14,18H,7H2,1H3. The van der Waals surface area contributed by atoms with Crippen LogP contribution in [0, 0.1) is 18.6 Å². The van der Waals surface area contributed by atoms with Gasteiger partial charge in [0.1, 0.15) is 11.6 Å². The van der Waals surface area contributed by atoms with Gasteiger partial charge in [-0.3, -0.25) is 4.98 Å². The first-order chi connectivity index (χ1) is 8.54. The summed E-state index contributed by atoms with van der Waals surface area (Å²) in [6.07, 6.45) is 0.858. The van der Waals surface area contributed by atoms with E-state index in [1.165, 1.54) is 12.1 Å². The number of benzene rings is 1. The topological polar surface area (TPSA) is 33.1 Å². The van der Waals surface area contributed by atoms with Gasteiger partial charge in [0.15, 0.2) is 0 Å². The summed E-state index contributed by atoms with van der Waals surface area (Å²) >= 11 is 0. The average molecular weight is 249 g/mol. The zero-order valence-corrected chi connectivity index (χ0v) is 9.90. The second-order valence-electron chi connectivity index (χ2n) is 4.26. The Kier molecular flexibility index (Phi) is 3.67. The fourth-order valence-corrected chi connectivity index (χ4v) is 1.80. The van der Waals surface area contributed by atoms with Crippen molar-refractivity contribution in [1.82, 2.24) is 4.98 Å². The normalized spacial score (nSPS) is 12.4. The number of hydrogen-bond acceptors (Lipinski definition) is 2. The molecule has 0 radical (unpaired) electrons. The van der Waals surface area contributed by atoms with Gasteiger partial charge in [-0.1, -0.05) is 0 Å². The summed E-state index contributed by atoms with van der Waals surface area (Å²) < 4.78 is 26.0. The van der Waals surface area contributed by atoms with Crippen LogP contribution >= 0.6 is 0 Å². The monoisotopic (exact) mass is 249 g/mol. The van der Waals surface area contributed by atoms with Crippen LogP contribution in [0.5, 0.6) is 0 Å². The molecule has 2 nitrogen and oxygen atoms in total. The Balaban J connectivity index is 2.18. The molecule has 0 bridgehead atoms. The third kappa shape index (κ3) is 3.11. The van der Waals surface area contributed by atoms with Crippen molar-refractivity contribution >= 4 is 0 Å². The molecule has 2 aromatic rings. The molecule has 94 valence electrons. The molecule has 0 saturated carbocycles. The van der Waals surface area contributed by atoms with Gasteiger partial charge in [-0.15, -0.1) is 0 Å². The zero-order chi connectivity index (χ0) is 13.1. The van der Waals surface area contributed by atoms with E-state index in [2.05, 4.69) is 4.98 Å². The maximum absolute atomic E-state index is 13.0. The Morgan fingerprint density at radius 2 is 1.83 bits per heavy atom. The number of aryl methyl sites for hydroxylation is 1. The minimum Gasteiger partial charge on any atom is -0.386 e. The number of nitrogens with zero attached hydrogens (tertiary/aromatic N) is 1. The third-order valence-electron chi connectivity index (χ3n) is 2.63. The van der Waals surface area contributed by atoms with Gasteiger partial charge >= 0.3 is 0 Å². The van der Waals surface area contributed by atoms with Crippen molar-refractivity contribution in [2.24, 2.45) is 0 Å². The van der Waals surface area contributed by atoms with E-state index < -0.39 is 17.7 Å². The first kappa shape index (κ1) is 12.6. The van der Waals surface area contributed by atoms with Crippen molar-refractivity contribution in [3.05, 3.63) is 65.0 Å². The van der Waals surface area contributed by atoms with Crippen LogP contribution in [0.25, 0.3) is 0 Å². The van der Waals surface area contributed by atoms with Crippen molar-refractivity contribution in [3.63, 3.8) is 0 Å². The molecule has 0 saturated heterocycles. The molecule has 0 fully saturated rings. The Hall–Kier alpha value is -1.81. The lowest BCUT2D eigenvalue weighted by Crippen LogP contribution is -2.05. The van der Waals surface area contributed by atoms with E-state index in [9.17, 15) is 13.9 Å². The van der Waals surface area contributed by atoms with Crippen molar-refractivity contribution in [2.45, 2.75) is 19.4 Å². The van der Waals surface area contributed by atoms with Crippen LogP contribution in [-0.2, 0) is 6.42 Å². The highest BCUT2D eigenvalue weighted by Crippen LogP contribution is 2.18. The zero-order valence-electron chi connectivity index (χ0n) is 9.90. The van der Waals surface area contributed by atoms with E-state index in [-0.39, 0.29) is 6.42 Å². The molecular weight excluding hydrogens is 236 g/mol. The molecule has 1 N–H and O–H groups in total. The first-order valence-corrected chi connectivity index (χ1v) is 5.60. The van der Waals surface area contributed by atoms with Gasteiger partial charge in [0.05, 0.1) is 11.8 Å². The summed E-state index contributed by atoms with van der Waals surface area (Å²) in [4.78, 5) is 4.04. The molecular formula is C14H13F2NO. The smallest absolute Gasteiger partial charge is 0.126 e. The van der Waals surface area contributed by atoms with E-state index in [1.54, 1.807) is 12.3 Å². The highest BCUT2D eigenvalue weighted by molar-refractivity contribution is 5.22. The number of rotatable bonds is 3. The minimum absolute atomic E-state index is 0.130. The molecule has 1 aromatic carbocycles. The average Bonchev–Trinajstić information content (AvgIpc) is 2.27. The summed E-state index contributed by atoms with van der Waals surface area (Å²) in [6.45, 7) is 1.89. The Morgan fingerprint density at radius 1 is 1.17 bits per heavy atom. The third-order valence-corrected chi connectivity index (χ3v) is 2.63. The Bertz CT molecular complexity index is 537. The molecule has 0 aliphatic carbocycles. The summed E-state index contributed by atoms with van der Waals surface area (Å²) in [5, 5.41) is 9.97. The van der Waals surface area contributed by atoms with Gasteiger partial charge in [0.2, 0.25) is 0 Å².